The first-order valence-corrected chi connectivity index (χ1v) is 7.08. The van der Waals surface area contributed by atoms with Crippen LogP contribution in [0, 0.1) is 5.92 Å². The van der Waals surface area contributed by atoms with Crippen LogP contribution in [-0.2, 0) is 14.3 Å². The zero-order valence-electron chi connectivity index (χ0n) is 11.8. The molecule has 0 aliphatic rings. The molecule has 6 heteroatoms. The van der Waals surface area contributed by atoms with Crippen LogP contribution in [0.3, 0.4) is 0 Å². The van der Waals surface area contributed by atoms with Crippen LogP contribution in [-0.4, -0.2) is 31.6 Å². The van der Waals surface area contributed by atoms with Crippen molar-refractivity contribution in [3.05, 3.63) is 28.7 Å². The Morgan fingerprint density at radius 2 is 2.05 bits per heavy atom. The minimum absolute atomic E-state index is 0.0250. The molecule has 0 bridgehead atoms. The van der Waals surface area contributed by atoms with Gasteiger partial charge in [0.1, 0.15) is 12.6 Å². The second-order valence-electron chi connectivity index (χ2n) is 4.72. The van der Waals surface area contributed by atoms with Crippen LogP contribution < -0.4 is 10.6 Å². The van der Waals surface area contributed by atoms with E-state index in [2.05, 4.69) is 26.6 Å². The van der Waals surface area contributed by atoms with Gasteiger partial charge in [0, 0.05) is 17.3 Å². The van der Waals surface area contributed by atoms with E-state index in [1.807, 2.05) is 26.0 Å². The van der Waals surface area contributed by atoms with Gasteiger partial charge in [0.25, 0.3) is 0 Å². The lowest BCUT2D eigenvalue weighted by Gasteiger charge is -2.21. The summed E-state index contributed by atoms with van der Waals surface area (Å²) in [6.07, 6.45) is 0. The van der Waals surface area contributed by atoms with Crippen molar-refractivity contribution < 1.29 is 14.3 Å². The number of anilines is 1. The van der Waals surface area contributed by atoms with Crippen LogP contribution in [0.25, 0.3) is 0 Å². The van der Waals surface area contributed by atoms with Gasteiger partial charge in [-0.3, -0.25) is 9.59 Å². The predicted molar refractivity (Wildman–Crippen MR) is 81.4 cm³/mol. The summed E-state index contributed by atoms with van der Waals surface area (Å²) in [7, 11) is 1.44. The van der Waals surface area contributed by atoms with E-state index < -0.39 is 6.04 Å². The number of hydrogen-bond acceptors (Lipinski definition) is 3. The summed E-state index contributed by atoms with van der Waals surface area (Å²) in [6.45, 7) is 3.68. The lowest BCUT2D eigenvalue weighted by molar-refractivity contribution is -0.129. The second kappa shape index (κ2) is 8.01. The Hall–Kier alpha value is -1.40. The highest BCUT2D eigenvalue weighted by Gasteiger charge is 2.24. The van der Waals surface area contributed by atoms with Crippen molar-refractivity contribution in [2.24, 2.45) is 5.92 Å². The molecule has 0 unspecified atom stereocenters. The molecule has 1 atom stereocenters. The van der Waals surface area contributed by atoms with Crippen molar-refractivity contribution in [3.8, 4) is 0 Å². The van der Waals surface area contributed by atoms with Crippen LogP contribution >= 0.6 is 15.9 Å². The van der Waals surface area contributed by atoms with E-state index in [-0.39, 0.29) is 24.3 Å². The van der Waals surface area contributed by atoms with E-state index in [1.165, 1.54) is 7.11 Å². The number of ether oxygens (including phenoxy) is 1. The molecule has 0 aliphatic carbocycles. The first-order chi connectivity index (χ1) is 9.43. The molecule has 0 saturated carbocycles. The number of hydrogen-bond donors (Lipinski definition) is 2. The number of carbonyl (C=O) groups is 2. The molecule has 0 spiro atoms. The van der Waals surface area contributed by atoms with Crippen molar-refractivity contribution >= 4 is 33.4 Å². The molecule has 0 heterocycles. The third kappa shape index (κ3) is 5.30. The van der Waals surface area contributed by atoms with Crippen molar-refractivity contribution in [1.29, 1.82) is 0 Å². The lowest BCUT2D eigenvalue weighted by Crippen LogP contribution is -2.48. The average Bonchev–Trinajstić information content (AvgIpc) is 2.35. The van der Waals surface area contributed by atoms with Gasteiger partial charge in [-0.15, -0.1) is 0 Å². The summed E-state index contributed by atoms with van der Waals surface area (Å²) in [6, 6.07) is 6.68. The van der Waals surface area contributed by atoms with Crippen molar-refractivity contribution in [2.75, 3.05) is 19.0 Å². The molecule has 1 aromatic carbocycles. The van der Waals surface area contributed by atoms with E-state index in [4.69, 9.17) is 4.74 Å². The van der Waals surface area contributed by atoms with E-state index in [0.29, 0.717) is 5.69 Å². The summed E-state index contributed by atoms with van der Waals surface area (Å²) >= 11 is 3.34. The first-order valence-electron chi connectivity index (χ1n) is 6.28. The average molecular weight is 343 g/mol. The summed E-state index contributed by atoms with van der Waals surface area (Å²) < 4.78 is 5.62. The predicted octanol–water partition coefficient (Wildman–Crippen LogP) is 2.17. The quantitative estimate of drug-likeness (QED) is 0.832. The molecule has 5 nitrogen and oxygen atoms in total. The number of amides is 2. The third-order valence-corrected chi connectivity index (χ3v) is 3.13. The van der Waals surface area contributed by atoms with Gasteiger partial charge in [0.2, 0.25) is 11.8 Å². The van der Waals surface area contributed by atoms with Gasteiger partial charge < -0.3 is 15.4 Å². The van der Waals surface area contributed by atoms with Gasteiger partial charge in [0.15, 0.2) is 0 Å². The summed E-state index contributed by atoms with van der Waals surface area (Å²) in [5, 5.41) is 5.45. The zero-order chi connectivity index (χ0) is 15.1. The second-order valence-corrected chi connectivity index (χ2v) is 5.64. The Labute approximate surface area is 127 Å². The smallest absolute Gasteiger partial charge is 0.247 e. The summed E-state index contributed by atoms with van der Waals surface area (Å²) in [5.41, 5.74) is 0.677. The fourth-order valence-electron chi connectivity index (χ4n) is 1.67. The van der Waals surface area contributed by atoms with Gasteiger partial charge in [-0.05, 0) is 24.1 Å². The number of nitrogens with one attached hydrogen (secondary N) is 2. The van der Waals surface area contributed by atoms with E-state index in [1.54, 1.807) is 12.1 Å². The molecule has 1 aromatic rings. The highest BCUT2D eigenvalue weighted by atomic mass is 79.9. The van der Waals surface area contributed by atoms with Gasteiger partial charge in [-0.2, -0.15) is 0 Å². The Morgan fingerprint density at radius 3 is 2.60 bits per heavy atom. The number of carbonyl (C=O) groups excluding carboxylic acids is 2. The Kier molecular flexibility index (Phi) is 6.67. The highest BCUT2D eigenvalue weighted by Crippen LogP contribution is 2.16. The fraction of sp³-hybridized carbons (Fsp3) is 0.429. The molecule has 1 rings (SSSR count). The topological polar surface area (TPSA) is 67.4 Å². The van der Waals surface area contributed by atoms with Crippen LogP contribution in [0.4, 0.5) is 5.69 Å². The Balaban J connectivity index is 2.71. The van der Waals surface area contributed by atoms with Gasteiger partial charge in [-0.25, -0.2) is 0 Å². The molecule has 0 aromatic heterocycles. The Morgan fingerprint density at radius 1 is 1.35 bits per heavy atom. The number of halogens is 1. The number of methoxy groups -OCH3 is 1. The third-order valence-electron chi connectivity index (χ3n) is 2.63. The monoisotopic (exact) mass is 342 g/mol. The molecule has 0 fully saturated rings. The number of benzene rings is 1. The van der Waals surface area contributed by atoms with Crippen molar-refractivity contribution in [3.63, 3.8) is 0 Å². The minimum atomic E-state index is -0.600. The Bertz CT molecular complexity index is 477. The van der Waals surface area contributed by atoms with Crippen LogP contribution in [0.15, 0.2) is 28.7 Å². The normalized spacial score (nSPS) is 12.1. The van der Waals surface area contributed by atoms with Crippen LogP contribution in [0.1, 0.15) is 13.8 Å². The molecule has 2 amide bonds. The summed E-state index contributed by atoms with van der Waals surface area (Å²) in [5.74, 6) is -0.582. The molecule has 0 saturated heterocycles. The van der Waals surface area contributed by atoms with Crippen molar-refractivity contribution in [2.45, 2.75) is 19.9 Å². The van der Waals surface area contributed by atoms with E-state index >= 15 is 0 Å². The van der Waals surface area contributed by atoms with Crippen molar-refractivity contribution in [1.82, 2.24) is 5.32 Å². The molecular formula is C14H19BrN2O3. The molecule has 2 N–H and O–H groups in total. The first kappa shape index (κ1) is 16.7. The molecule has 110 valence electrons. The van der Waals surface area contributed by atoms with Crippen LogP contribution in [0.2, 0.25) is 0 Å². The van der Waals surface area contributed by atoms with E-state index in [9.17, 15) is 9.59 Å². The standard InChI is InChI=1S/C14H19BrN2O3/c1-9(2)13(17-12(18)8-20-3)14(19)16-11-6-4-5-10(15)7-11/h4-7,9,13H,8H2,1-3H3,(H,16,19)(H,17,18)/t13-/m0/s1. The number of rotatable bonds is 6. The van der Waals surface area contributed by atoms with Gasteiger partial charge in [0.05, 0.1) is 0 Å². The molecule has 20 heavy (non-hydrogen) atoms. The minimum Gasteiger partial charge on any atom is -0.375 e. The van der Waals surface area contributed by atoms with Crippen LogP contribution in [0.5, 0.6) is 0 Å². The largest absolute Gasteiger partial charge is 0.375 e. The van der Waals surface area contributed by atoms with Gasteiger partial charge >= 0.3 is 0 Å². The molecule has 0 radical (unpaired) electrons. The maximum absolute atomic E-state index is 12.2. The van der Waals surface area contributed by atoms with Gasteiger partial charge in [-0.1, -0.05) is 35.8 Å². The maximum atomic E-state index is 12.2. The lowest BCUT2D eigenvalue weighted by atomic mass is 10.0. The maximum Gasteiger partial charge on any atom is 0.247 e. The highest BCUT2D eigenvalue weighted by molar-refractivity contribution is 9.10. The summed E-state index contributed by atoms with van der Waals surface area (Å²) in [4.78, 5) is 23.8. The van der Waals surface area contributed by atoms with E-state index in [0.717, 1.165) is 4.47 Å². The zero-order valence-corrected chi connectivity index (χ0v) is 13.4. The molecular weight excluding hydrogens is 324 g/mol. The fourth-order valence-corrected chi connectivity index (χ4v) is 2.07. The molecule has 0 aliphatic heterocycles. The SMILES string of the molecule is COCC(=O)N[C@H](C(=O)Nc1cccc(Br)c1)C(C)C.